The smallest absolute Gasteiger partial charge is 0.136 e. The molecule has 0 unspecified atom stereocenters. The highest BCUT2D eigenvalue weighted by molar-refractivity contribution is 5.85. The number of hydrogen-bond acceptors (Lipinski definition) is 1. The quantitative estimate of drug-likeness (QED) is 0.544. The average Bonchev–Trinajstić information content (AvgIpc) is 1.99. The van der Waals surface area contributed by atoms with Gasteiger partial charge in [0.05, 0.1) is 0 Å². The molecule has 0 aliphatic heterocycles. The molecule has 1 nitrogen and oxygen atoms in total. The van der Waals surface area contributed by atoms with E-state index in [4.69, 9.17) is 0 Å². The van der Waals surface area contributed by atoms with Crippen molar-refractivity contribution in [2.24, 2.45) is 10.8 Å². The number of hydrogen-bond donors (Lipinski definition) is 0. The van der Waals surface area contributed by atoms with Crippen LogP contribution in [0.1, 0.15) is 39.5 Å². The fourth-order valence-electron chi connectivity index (χ4n) is 2.87. The third-order valence-corrected chi connectivity index (χ3v) is 4.13. The van der Waals surface area contributed by atoms with Crippen LogP contribution in [0.4, 0.5) is 0 Å². The Kier molecular flexibility index (Phi) is 1.48. The lowest BCUT2D eigenvalue weighted by molar-refractivity contribution is -0.149. The van der Waals surface area contributed by atoms with Crippen molar-refractivity contribution in [3.8, 4) is 0 Å². The molecular formula is C11H16O. The summed E-state index contributed by atoms with van der Waals surface area (Å²) in [5, 5.41) is 0. The van der Waals surface area contributed by atoms with Crippen LogP contribution >= 0.6 is 0 Å². The third kappa shape index (κ3) is 0.720. The summed E-state index contributed by atoms with van der Waals surface area (Å²) in [5.41, 5.74) is 0.329. The number of carbonyl (C=O) groups is 1. The molecule has 0 aromatic rings. The number of fused-ring (bicyclic) bond motifs is 1. The van der Waals surface area contributed by atoms with Crippen molar-refractivity contribution < 1.29 is 4.79 Å². The molecule has 2 rings (SSSR count). The van der Waals surface area contributed by atoms with Crippen molar-refractivity contribution in [3.63, 3.8) is 0 Å². The van der Waals surface area contributed by atoms with Crippen LogP contribution in [0, 0.1) is 10.8 Å². The third-order valence-electron chi connectivity index (χ3n) is 4.13. The van der Waals surface area contributed by atoms with Crippen molar-refractivity contribution in [3.05, 3.63) is 12.2 Å². The van der Waals surface area contributed by atoms with E-state index in [1.165, 1.54) is 6.42 Å². The lowest BCUT2D eigenvalue weighted by Crippen LogP contribution is -2.54. The predicted molar refractivity (Wildman–Crippen MR) is 48.8 cm³/mol. The van der Waals surface area contributed by atoms with Gasteiger partial charge in [0.25, 0.3) is 0 Å². The normalized spacial score (nSPS) is 44.8. The predicted octanol–water partition coefficient (Wildman–Crippen LogP) is 2.71. The zero-order chi connectivity index (χ0) is 8.82. The number of carbonyl (C=O) groups excluding carboxylic acids is 1. The maximum atomic E-state index is 11.6. The summed E-state index contributed by atoms with van der Waals surface area (Å²) in [5.74, 6) is 0.403. The first kappa shape index (κ1) is 8.03. The second kappa shape index (κ2) is 2.21. The van der Waals surface area contributed by atoms with E-state index >= 15 is 0 Å². The Hall–Kier alpha value is -0.590. The van der Waals surface area contributed by atoms with E-state index in [1.807, 2.05) is 0 Å². The molecule has 0 N–H and O–H groups in total. The van der Waals surface area contributed by atoms with Crippen molar-refractivity contribution >= 4 is 5.78 Å². The zero-order valence-corrected chi connectivity index (χ0v) is 7.89. The second-order valence-corrected chi connectivity index (χ2v) is 4.58. The van der Waals surface area contributed by atoms with Crippen molar-refractivity contribution in [2.45, 2.75) is 39.5 Å². The summed E-state index contributed by atoms with van der Waals surface area (Å²) in [6, 6.07) is 0. The SMILES string of the molecule is CC(=O)[C@@]12CC=CC[C@]1(C)CC2. The van der Waals surface area contributed by atoms with Crippen LogP contribution in [0.25, 0.3) is 0 Å². The van der Waals surface area contributed by atoms with Crippen LogP contribution in [0.2, 0.25) is 0 Å². The monoisotopic (exact) mass is 164 g/mol. The molecule has 0 amide bonds. The van der Waals surface area contributed by atoms with E-state index in [9.17, 15) is 4.79 Å². The first-order valence-electron chi connectivity index (χ1n) is 4.77. The summed E-state index contributed by atoms with van der Waals surface area (Å²) >= 11 is 0. The molecule has 0 heterocycles. The highest BCUT2D eigenvalue weighted by atomic mass is 16.1. The lowest BCUT2D eigenvalue weighted by atomic mass is 9.45. The van der Waals surface area contributed by atoms with Crippen LogP contribution in [0.15, 0.2) is 12.2 Å². The van der Waals surface area contributed by atoms with Gasteiger partial charge >= 0.3 is 0 Å². The van der Waals surface area contributed by atoms with Gasteiger partial charge in [0.1, 0.15) is 5.78 Å². The summed E-state index contributed by atoms with van der Waals surface area (Å²) in [4.78, 5) is 11.6. The van der Waals surface area contributed by atoms with Gasteiger partial charge in [-0.3, -0.25) is 4.79 Å². The minimum atomic E-state index is 0.0295. The standard InChI is InChI=1S/C11H16O/c1-9(12)11-6-4-3-5-10(11,2)7-8-11/h3-4H,5-8H2,1-2H3/t10-,11+/m1/s1. The number of rotatable bonds is 1. The van der Waals surface area contributed by atoms with Crippen molar-refractivity contribution in [1.29, 1.82) is 0 Å². The summed E-state index contributed by atoms with van der Waals surface area (Å²) < 4.78 is 0. The molecule has 1 saturated carbocycles. The topological polar surface area (TPSA) is 17.1 Å². The molecule has 0 radical (unpaired) electrons. The van der Waals surface area contributed by atoms with Gasteiger partial charge in [-0.1, -0.05) is 19.1 Å². The molecule has 0 saturated heterocycles. The van der Waals surface area contributed by atoms with Crippen molar-refractivity contribution in [2.75, 3.05) is 0 Å². The van der Waals surface area contributed by atoms with E-state index in [0.29, 0.717) is 11.2 Å². The zero-order valence-electron chi connectivity index (χ0n) is 7.89. The molecule has 1 fully saturated rings. The molecular weight excluding hydrogens is 148 g/mol. The highest BCUT2D eigenvalue weighted by Gasteiger charge is 2.58. The highest BCUT2D eigenvalue weighted by Crippen LogP contribution is 2.63. The molecule has 2 aliphatic rings. The minimum Gasteiger partial charge on any atom is -0.299 e. The van der Waals surface area contributed by atoms with Crippen molar-refractivity contribution in [1.82, 2.24) is 0 Å². The van der Waals surface area contributed by atoms with Gasteiger partial charge in [0.15, 0.2) is 0 Å². The van der Waals surface area contributed by atoms with E-state index in [2.05, 4.69) is 19.1 Å². The van der Waals surface area contributed by atoms with E-state index < -0.39 is 0 Å². The number of allylic oxidation sites excluding steroid dienone is 2. The number of Topliss-reactive ketones (excluding diaryl/α,β-unsaturated/α-hetero) is 1. The van der Waals surface area contributed by atoms with Gasteiger partial charge in [-0.25, -0.2) is 0 Å². The Balaban J connectivity index is 2.36. The largest absolute Gasteiger partial charge is 0.299 e. The second-order valence-electron chi connectivity index (χ2n) is 4.58. The molecule has 2 aliphatic carbocycles. The number of ketones is 1. The Morgan fingerprint density at radius 2 is 1.92 bits per heavy atom. The molecule has 0 aromatic carbocycles. The molecule has 66 valence electrons. The molecule has 0 spiro atoms. The summed E-state index contributed by atoms with van der Waals surface area (Å²) in [6.45, 7) is 4.03. The average molecular weight is 164 g/mol. The molecule has 2 atom stereocenters. The Morgan fingerprint density at radius 1 is 1.25 bits per heavy atom. The summed E-state index contributed by atoms with van der Waals surface area (Å²) in [6.07, 6.45) is 8.86. The van der Waals surface area contributed by atoms with Gasteiger partial charge in [-0.15, -0.1) is 0 Å². The molecule has 12 heavy (non-hydrogen) atoms. The molecule has 0 aromatic heterocycles. The maximum absolute atomic E-state index is 11.6. The van der Waals surface area contributed by atoms with Crippen LogP contribution in [-0.2, 0) is 4.79 Å². The van der Waals surface area contributed by atoms with Gasteiger partial charge in [-0.2, -0.15) is 0 Å². The van der Waals surface area contributed by atoms with Gasteiger partial charge < -0.3 is 0 Å². The first-order valence-corrected chi connectivity index (χ1v) is 4.77. The van der Waals surface area contributed by atoms with Crippen LogP contribution < -0.4 is 0 Å². The Bertz CT molecular complexity index is 254. The van der Waals surface area contributed by atoms with Gasteiger partial charge in [-0.05, 0) is 38.0 Å². The minimum absolute atomic E-state index is 0.0295. The lowest BCUT2D eigenvalue weighted by Gasteiger charge is -2.58. The molecule has 1 heteroatoms. The fourth-order valence-corrected chi connectivity index (χ4v) is 2.87. The molecule has 0 bridgehead atoms. The fraction of sp³-hybridized carbons (Fsp3) is 0.727. The van der Waals surface area contributed by atoms with Crippen LogP contribution in [0.5, 0.6) is 0 Å². The maximum Gasteiger partial charge on any atom is 0.136 e. The van der Waals surface area contributed by atoms with Gasteiger partial charge in [0, 0.05) is 5.41 Å². The van der Waals surface area contributed by atoms with Crippen LogP contribution in [0.3, 0.4) is 0 Å². The summed E-state index contributed by atoms with van der Waals surface area (Å²) in [7, 11) is 0. The first-order chi connectivity index (χ1) is 5.61. The Morgan fingerprint density at radius 3 is 2.25 bits per heavy atom. The van der Waals surface area contributed by atoms with Gasteiger partial charge in [0.2, 0.25) is 0 Å². The van der Waals surface area contributed by atoms with E-state index in [0.717, 1.165) is 19.3 Å². The van der Waals surface area contributed by atoms with E-state index in [1.54, 1.807) is 6.92 Å². The van der Waals surface area contributed by atoms with E-state index in [-0.39, 0.29) is 5.41 Å². The van der Waals surface area contributed by atoms with Crippen LogP contribution in [-0.4, -0.2) is 5.78 Å². The Labute approximate surface area is 73.8 Å².